The summed E-state index contributed by atoms with van der Waals surface area (Å²) in [6.45, 7) is 8.50. The van der Waals surface area contributed by atoms with E-state index in [4.69, 9.17) is 0 Å². The van der Waals surface area contributed by atoms with Crippen molar-refractivity contribution in [2.45, 2.75) is 51.0 Å². The second-order valence-corrected chi connectivity index (χ2v) is 3.90. The first-order chi connectivity index (χ1) is 6.35. The van der Waals surface area contributed by atoms with Crippen LogP contribution in [0.4, 0.5) is 0 Å². The Balaban J connectivity index is 3.47. The molecule has 74 valence electrons. The van der Waals surface area contributed by atoms with Crippen LogP contribution in [0.25, 0.3) is 0 Å². The predicted octanol–water partition coefficient (Wildman–Crippen LogP) is 2.87. The van der Waals surface area contributed by atoms with E-state index in [1.165, 1.54) is 56.8 Å². The standard InChI is InChI=1S/C11H24N.Li/c1-4-7-10-12(9-6-3)11-8-5-2;/h3-11H2,1-2H3;. The molecule has 0 aliphatic carbocycles. The van der Waals surface area contributed by atoms with Gasteiger partial charge in [0.05, 0.1) is 0 Å². The van der Waals surface area contributed by atoms with Crippen LogP contribution in [-0.2, 0) is 0 Å². The number of rotatable bonds is 9. The maximum atomic E-state index is 2.64. The normalized spacial score (nSPS) is 11.2. The molecule has 0 N–H and O–H groups in total. The molecule has 0 aromatic heterocycles. The molecule has 0 saturated heterocycles. The van der Waals surface area contributed by atoms with E-state index in [0.29, 0.717) is 0 Å². The van der Waals surface area contributed by atoms with Crippen molar-refractivity contribution in [2.75, 3.05) is 19.6 Å². The molecule has 0 bridgehead atoms. The van der Waals surface area contributed by atoms with Crippen molar-refractivity contribution in [2.24, 2.45) is 0 Å². The molecule has 2 heteroatoms. The van der Waals surface area contributed by atoms with Crippen LogP contribution >= 0.6 is 0 Å². The zero-order chi connectivity index (χ0) is 9.94. The molecule has 0 amide bonds. The van der Waals surface area contributed by atoms with Gasteiger partial charge in [-0.25, -0.2) is 0 Å². The van der Waals surface area contributed by atoms with Gasteiger partial charge in [0, 0.05) is 0 Å². The van der Waals surface area contributed by atoms with Crippen molar-refractivity contribution in [3.05, 3.63) is 0 Å². The molecule has 0 aliphatic rings. The third-order valence-corrected chi connectivity index (χ3v) is 2.48. The molecule has 0 aliphatic heterocycles. The van der Waals surface area contributed by atoms with Gasteiger partial charge in [-0.3, -0.25) is 0 Å². The van der Waals surface area contributed by atoms with Gasteiger partial charge < -0.3 is 0 Å². The SMILES string of the molecule is [Li][CH2]CCN(CCCC)CCCC. The second kappa shape index (κ2) is 10.6. The van der Waals surface area contributed by atoms with E-state index < -0.39 is 0 Å². The van der Waals surface area contributed by atoms with Gasteiger partial charge in [-0.1, -0.05) is 0 Å². The summed E-state index contributed by atoms with van der Waals surface area (Å²) in [6, 6.07) is 0. The van der Waals surface area contributed by atoms with Crippen molar-refractivity contribution in [1.29, 1.82) is 0 Å². The molecule has 13 heavy (non-hydrogen) atoms. The Labute approximate surface area is 93.5 Å². The molecular weight excluding hydrogens is 153 g/mol. The quantitative estimate of drug-likeness (QED) is 0.489. The van der Waals surface area contributed by atoms with Gasteiger partial charge in [0.15, 0.2) is 0 Å². The Hall–Kier alpha value is 0.557. The van der Waals surface area contributed by atoms with Crippen LogP contribution in [0.15, 0.2) is 0 Å². The summed E-state index contributed by atoms with van der Waals surface area (Å²) in [5.41, 5.74) is 0. The molecule has 0 unspecified atom stereocenters. The van der Waals surface area contributed by atoms with Crippen molar-refractivity contribution in [3.63, 3.8) is 0 Å². The van der Waals surface area contributed by atoms with Crippen LogP contribution in [0.1, 0.15) is 46.0 Å². The Kier molecular flexibility index (Phi) is 11.1. The summed E-state index contributed by atoms with van der Waals surface area (Å²) in [7, 11) is 0. The van der Waals surface area contributed by atoms with E-state index in [0.717, 1.165) is 0 Å². The van der Waals surface area contributed by atoms with Crippen molar-refractivity contribution >= 4 is 17.7 Å². The Morgan fingerprint density at radius 2 is 1.31 bits per heavy atom. The molecule has 0 saturated carbocycles. The van der Waals surface area contributed by atoms with Gasteiger partial charge in [-0.2, -0.15) is 0 Å². The average molecular weight is 177 g/mol. The molecule has 0 aromatic rings. The maximum absolute atomic E-state index is 2.64. The van der Waals surface area contributed by atoms with Crippen molar-refractivity contribution < 1.29 is 0 Å². The predicted molar refractivity (Wildman–Crippen MR) is 61.4 cm³/mol. The van der Waals surface area contributed by atoms with E-state index in [-0.39, 0.29) is 0 Å². The van der Waals surface area contributed by atoms with E-state index in [1.807, 2.05) is 0 Å². The summed E-state index contributed by atoms with van der Waals surface area (Å²) in [4.78, 5) is 2.64. The third-order valence-electron chi connectivity index (χ3n) is 2.48. The first-order valence-electron chi connectivity index (χ1n) is 6.07. The molecule has 0 heterocycles. The van der Waals surface area contributed by atoms with Crippen molar-refractivity contribution in [3.8, 4) is 0 Å². The van der Waals surface area contributed by atoms with E-state index in [1.54, 1.807) is 0 Å². The Morgan fingerprint density at radius 3 is 1.69 bits per heavy atom. The van der Waals surface area contributed by atoms with Gasteiger partial charge in [-0.05, 0) is 0 Å². The first-order valence-corrected chi connectivity index (χ1v) is 6.07. The molecule has 1 nitrogen and oxygen atoms in total. The number of nitrogens with zero attached hydrogens (tertiary/aromatic N) is 1. The minimum atomic E-state index is 1.32. The zero-order valence-corrected chi connectivity index (χ0v) is 9.81. The fraction of sp³-hybridized carbons (Fsp3) is 1.00. The van der Waals surface area contributed by atoms with Gasteiger partial charge in [0.2, 0.25) is 0 Å². The summed E-state index contributed by atoms with van der Waals surface area (Å²) in [6.07, 6.45) is 6.76. The van der Waals surface area contributed by atoms with Crippen LogP contribution in [0, 0.1) is 0 Å². The van der Waals surface area contributed by atoms with Gasteiger partial charge in [0.25, 0.3) is 0 Å². The summed E-state index contributed by atoms with van der Waals surface area (Å²) < 4.78 is 0. The van der Waals surface area contributed by atoms with Gasteiger partial charge in [-0.15, -0.1) is 0 Å². The fourth-order valence-electron chi connectivity index (χ4n) is 1.48. The number of unbranched alkanes of at least 4 members (excludes halogenated alkanes) is 2. The zero-order valence-electron chi connectivity index (χ0n) is 9.81. The first kappa shape index (κ1) is 13.6. The van der Waals surface area contributed by atoms with Crippen LogP contribution in [0.2, 0.25) is 5.09 Å². The molecule has 0 radical (unpaired) electrons. The van der Waals surface area contributed by atoms with E-state index in [9.17, 15) is 0 Å². The molecule has 0 fully saturated rings. The molecular formula is C11H24LiN. The number of hydrogen-bond donors (Lipinski definition) is 0. The second-order valence-electron chi connectivity index (χ2n) is 3.90. The van der Waals surface area contributed by atoms with Gasteiger partial charge >= 0.3 is 93.3 Å². The van der Waals surface area contributed by atoms with Crippen LogP contribution in [0.3, 0.4) is 0 Å². The fourth-order valence-corrected chi connectivity index (χ4v) is 1.48. The van der Waals surface area contributed by atoms with E-state index >= 15 is 0 Å². The molecule has 0 rings (SSSR count). The molecule has 0 atom stereocenters. The van der Waals surface area contributed by atoms with Crippen LogP contribution in [0.5, 0.6) is 0 Å². The third kappa shape index (κ3) is 8.88. The van der Waals surface area contributed by atoms with Crippen LogP contribution < -0.4 is 0 Å². The Morgan fingerprint density at radius 1 is 0.846 bits per heavy atom. The molecule has 0 spiro atoms. The average Bonchev–Trinajstić information content (AvgIpc) is 2.17. The summed E-state index contributed by atoms with van der Waals surface area (Å²) in [5, 5.41) is 1.33. The minimum absolute atomic E-state index is 1.32. The summed E-state index contributed by atoms with van der Waals surface area (Å²) in [5.74, 6) is 0. The topological polar surface area (TPSA) is 3.24 Å². The van der Waals surface area contributed by atoms with Gasteiger partial charge in [0.1, 0.15) is 0 Å². The van der Waals surface area contributed by atoms with Crippen molar-refractivity contribution in [1.82, 2.24) is 4.90 Å². The van der Waals surface area contributed by atoms with E-state index in [2.05, 4.69) is 36.5 Å². The summed E-state index contributed by atoms with van der Waals surface area (Å²) >= 11 is 2.28. The monoisotopic (exact) mass is 177 g/mol. The Bertz CT molecular complexity index is 77.1. The number of hydrogen-bond acceptors (Lipinski definition) is 1. The van der Waals surface area contributed by atoms with Crippen LogP contribution in [-0.4, -0.2) is 42.2 Å². The molecule has 0 aromatic carbocycles.